The molecule has 0 aromatic heterocycles. The third-order valence-electron chi connectivity index (χ3n) is 4.05. The van der Waals surface area contributed by atoms with Gasteiger partial charge in [0.05, 0.1) is 18.2 Å². The van der Waals surface area contributed by atoms with E-state index < -0.39 is 5.97 Å². The van der Waals surface area contributed by atoms with Crippen LogP contribution < -0.4 is 5.32 Å². The van der Waals surface area contributed by atoms with Gasteiger partial charge in [0.25, 0.3) is 0 Å². The monoisotopic (exact) mass is 300 g/mol. The van der Waals surface area contributed by atoms with E-state index in [4.69, 9.17) is 14.6 Å². The second-order valence-electron chi connectivity index (χ2n) is 5.68. The first kappa shape index (κ1) is 16.0. The SMILES string of the molecule is CC(NC(=O)N1CCC(OCC(=O)O)CC1)C1CCCO1. The van der Waals surface area contributed by atoms with E-state index in [0.717, 1.165) is 19.4 Å². The number of amides is 2. The predicted octanol–water partition coefficient (Wildman–Crippen LogP) is 0.829. The van der Waals surface area contributed by atoms with Gasteiger partial charge < -0.3 is 24.8 Å². The summed E-state index contributed by atoms with van der Waals surface area (Å²) in [7, 11) is 0. The van der Waals surface area contributed by atoms with Crippen molar-refractivity contribution < 1.29 is 24.2 Å². The molecule has 2 aliphatic heterocycles. The van der Waals surface area contributed by atoms with Crippen LogP contribution in [0, 0.1) is 0 Å². The summed E-state index contributed by atoms with van der Waals surface area (Å²) in [6, 6.07) is -0.0596. The summed E-state index contributed by atoms with van der Waals surface area (Å²) in [6.45, 7) is 3.66. The van der Waals surface area contributed by atoms with Crippen molar-refractivity contribution in [1.82, 2.24) is 10.2 Å². The van der Waals surface area contributed by atoms with Crippen LogP contribution >= 0.6 is 0 Å². The molecule has 7 heteroatoms. The van der Waals surface area contributed by atoms with Gasteiger partial charge in [-0.2, -0.15) is 0 Å². The minimum Gasteiger partial charge on any atom is -0.480 e. The molecule has 2 atom stereocenters. The molecule has 2 saturated heterocycles. The predicted molar refractivity (Wildman–Crippen MR) is 75.2 cm³/mol. The zero-order chi connectivity index (χ0) is 15.2. The third-order valence-corrected chi connectivity index (χ3v) is 4.05. The maximum Gasteiger partial charge on any atom is 0.329 e. The number of urea groups is 1. The summed E-state index contributed by atoms with van der Waals surface area (Å²) in [5.74, 6) is -0.958. The molecule has 0 spiro atoms. The molecule has 2 aliphatic rings. The number of carbonyl (C=O) groups is 2. The summed E-state index contributed by atoms with van der Waals surface area (Å²) >= 11 is 0. The molecule has 0 bridgehead atoms. The molecule has 2 amide bonds. The molecule has 0 radical (unpaired) electrons. The number of likely N-dealkylation sites (tertiary alicyclic amines) is 1. The van der Waals surface area contributed by atoms with Crippen LogP contribution in [0.3, 0.4) is 0 Å². The first-order valence-corrected chi connectivity index (χ1v) is 7.56. The van der Waals surface area contributed by atoms with Gasteiger partial charge in [0.2, 0.25) is 0 Å². The number of carboxylic acid groups (broad SMARTS) is 1. The summed E-state index contributed by atoms with van der Waals surface area (Å²) in [4.78, 5) is 24.4. The number of nitrogens with one attached hydrogen (secondary N) is 1. The number of hydrogen-bond acceptors (Lipinski definition) is 4. The average molecular weight is 300 g/mol. The van der Waals surface area contributed by atoms with Crippen LogP contribution in [0.25, 0.3) is 0 Å². The summed E-state index contributed by atoms with van der Waals surface area (Å²) < 4.78 is 10.8. The molecular weight excluding hydrogens is 276 g/mol. The average Bonchev–Trinajstić information content (AvgIpc) is 3.00. The minimum atomic E-state index is -0.958. The molecule has 0 saturated carbocycles. The highest BCUT2D eigenvalue weighted by molar-refractivity contribution is 5.74. The Morgan fingerprint density at radius 1 is 1.38 bits per heavy atom. The fraction of sp³-hybridized carbons (Fsp3) is 0.857. The van der Waals surface area contributed by atoms with Crippen LogP contribution in [0.2, 0.25) is 0 Å². The molecule has 2 N–H and O–H groups in total. The first-order valence-electron chi connectivity index (χ1n) is 7.56. The number of aliphatic carboxylic acids is 1. The van der Waals surface area contributed by atoms with Crippen molar-refractivity contribution in [3.05, 3.63) is 0 Å². The Morgan fingerprint density at radius 2 is 2.10 bits per heavy atom. The Hall–Kier alpha value is -1.34. The number of hydrogen-bond donors (Lipinski definition) is 2. The van der Waals surface area contributed by atoms with Crippen LogP contribution in [0.4, 0.5) is 4.79 Å². The normalized spacial score (nSPS) is 24.8. The number of ether oxygens (including phenoxy) is 2. The van der Waals surface area contributed by atoms with Crippen molar-refractivity contribution in [3.8, 4) is 0 Å². The van der Waals surface area contributed by atoms with Crippen molar-refractivity contribution in [2.24, 2.45) is 0 Å². The Labute approximate surface area is 124 Å². The van der Waals surface area contributed by atoms with E-state index in [1.807, 2.05) is 6.92 Å². The van der Waals surface area contributed by atoms with Crippen molar-refractivity contribution >= 4 is 12.0 Å². The van der Waals surface area contributed by atoms with Crippen LogP contribution in [-0.2, 0) is 14.3 Å². The molecular formula is C14H24N2O5. The summed E-state index contributed by atoms with van der Waals surface area (Å²) in [6.07, 6.45) is 3.44. The Morgan fingerprint density at radius 3 is 2.67 bits per heavy atom. The van der Waals surface area contributed by atoms with E-state index in [1.165, 1.54) is 0 Å². The third kappa shape index (κ3) is 4.86. The molecule has 0 aromatic rings. The lowest BCUT2D eigenvalue weighted by atomic mass is 10.1. The van der Waals surface area contributed by atoms with Gasteiger partial charge in [0.15, 0.2) is 0 Å². The van der Waals surface area contributed by atoms with Crippen LogP contribution in [0.5, 0.6) is 0 Å². The van der Waals surface area contributed by atoms with Crippen molar-refractivity contribution in [2.45, 2.75) is 50.9 Å². The quantitative estimate of drug-likeness (QED) is 0.785. The van der Waals surface area contributed by atoms with Gasteiger partial charge in [-0.1, -0.05) is 0 Å². The molecule has 2 unspecified atom stereocenters. The zero-order valence-corrected chi connectivity index (χ0v) is 12.4. The fourth-order valence-electron chi connectivity index (χ4n) is 2.79. The summed E-state index contributed by atoms with van der Waals surface area (Å²) in [5.41, 5.74) is 0. The van der Waals surface area contributed by atoms with Gasteiger partial charge in [-0.3, -0.25) is 0 Å². The fourth-order valence-corrected chi connectivity index (χ4v) is 2.79. The second-order valence-corrected chi connectivity index (χ2v) is 5.68. The molecule has 0 aromatic carbocycles. The molecule has 2 rings (SSSR count). The van der Waals surface area contributed by atoms with Crippen LogP contribution in [0.15, 0.2) is 0 Å². The summed E-state index contributed by atoms with van der Waals surface area (Å²) in [5, 5.41) is 11.6. The molecule has 2 heterocycles. The lowest BCUT2D eigenvalue weighted by molar-refractivity contribution is -0.145. The largest absolute Gasteiger partial charge is 0.480 e. The highest BCUT2D eigenvalue weighted by atomic mass is 16.5. The van der Waals surface area contributed by atoms with E-state index in [1.54, 1.807) is 4.90 Å². The maximum atomic E-state index is 12.2. The van der Waals surface area contributed by atoms with E-state index in [9.17, 15) is 9.59 Å². The van der Waals surface area contributed by atoms with Gasteiger partial charge in [-0.05, 0) is 32.6 Å². The van der Waals surface area contributed by atoms with E-state index in [0.29, 0.717) is 25.9 Å². The van der Waals surface area contributed by atoms with E-state index in [2.05, 4.69) is 5.32 Å². The highest BCUT2D eigenvalue weighted by Gasteiger charge is 2.28. The molecule has 21 heavy (non-hydrogen) atoms. The van der Waals surface area contributed by atoms with E-state index >= 15 is 0 Å². The smallest absolute Gasteiger partial charge is 0.329 e. The van der Waals surface area contributed by atoms with Gasteiger partial charge in [0, 0.05) is 19.7 Å². The number of piperidine rings is 1. The maximum absolute atomic E-state index is 12.2. The first-order chi connectivity index (χ1) is 10.1. The van der Waals surface area contributed by atoms with Crippen LogP contribution in [-0.4, -0.2) is 66.6 Å². The van der Waals surface area contributed by atoms with Crippen LogP contribution in [0.1, 0.15) is 32.6 Å². The second kappa shape index (κ2) is 7.61. The lowest BCUT2D eigenvalue weighted by Crippen LogP contribution is -2.50. The van der Waals surface area contributed by atoms with Gasteiger partial charge in [-0.15, -0.1) is 0 Å². The van der Waals surface area contributed by atoms with Crippen molar-refractivity contribution in [1.29, 1.82) is 0 Å². The Bertz CT molecular complexity index is 362. The van der Waals surface area contributed by atoms with Gasteiger partial charge in [-0.25, -0.2) is 9.59 Å². The van der Waals surface area contributed by atoms with Gasteiger partial charge >= 0.3 is 12.0 Å². The number of carbonyl (C=O) groups excluding carboxylic acids is 1. The lowest BCUT2D eigenvalue weighted by Gasteiger charge is -2.33. The number of carboxylic acids is 1. The van der Waals surface area contributed by atoms with Gasteiger partial charge in [0.1, 0.15) is 6.61 Å². The highest BCUT2D eigenvalue weighted by Crippen LogP contribution is 2.17. The molecule has 120 valence electrons. The minimum absolute atomic E-state index is 0.0148. The van der Waals surface area contributed by atoms with Crippen molar-refractivity contribution in [2.75, 3.05) is 26.3 Å². The van der Waals surface area contributed by atoms with Crippen molar-refractivity contribution in [3.63, 3.8) is 0 Å². The zero-order valence-electron chi connectivity index (χ0n) is 12.4. The Balaban J connectivity index is 1.68. The number of rotatable bonds is 5. The van der Waals surface area contributed by atoms with E-state index in [-0.39, 0.29) is 30.9 Å². The standard InChI is InChI=1S/C14H24N2O5/c1-10(12-3-2-8-20-12)15-14(19)16-6-4-11(5-7-16)21-9-13(17)18/h10-12H,2-9H2,1H3,(H,15,19)(H,17,18). The Kier molecular flexibility index (Phi) is 5.81. The molecule has 2 fully saturated rings. The molecule has 0 aliphatic carbocycles. The number of nitrogens with zero attached hydrogens (tertiary/aromatic N) is 1. The topological polar surface area (TPSA) is 88.1 Å². The molecule has 7 nitrogen and oxygen atoms in total.